The van der Waals surface area contributed by atoms with Crippen molar-refractivity contribution in [3.63, 3.8) is 0 Å². The second-order valence-corrected chi connectivity index (χ2v) is 6.64. The lowest BCUT2D eigenvalue weighted by Gasteiger charge is -2.18. The Balaban J connectivity index is 1.67. The van der Waals surface area contributed by atoms with E-state index in [-0.39, 0.29) is 0 Å². The Morgan fingerprint density at radius 2 is 1.90 bits per heavy atom. The van der Waals surface area contributed by atoms with Crippen LogP contribution in [0.3, 0.4) is 0 Å². The highest BCUT2D eigenvalue weighted by molar-refractivity contribution is 9.09. The maximum absolute atomic E-state index is 5.81. The van der Waals surface area contributed by atoms with E-state index in [1.165, 1.54) is 23.1 Å². The number of rotatable bonds is 5. The standard InChI is InChI=1S/C19H21BrO/c1-14-6-8-15(9-7-14)10-16(12-20)11-17-13-21-19-5-3-2-4-18(17)19/h2-9,16-17H,10-13H2,1H3. The molecule has 0 saturated carbocycles. The van der Waals surface area contributed by atoms with Crippen LogP contribution in [-0.4, -0.2) is 11.9 Å². The molecule has 0 amide bonds. The van der Waals surface area contributed by atoms with Crippen molar-refractivity contribution in [2.45, 2.75) is 25.7 Å². The van der Waals surface area contributed by atoms with Crippen LogP contribution >= 0.6 is 15.9 Å². The van der Waals surface area contributed by atoms with Crippen LogP contribution in [0.2, 0.25) is 0 Å². The second kappa shape index (κ2) is 6.65. The molecule has 0 radical (unpaired) electrons. The first-order valence-corrected chi connectivity index (χ1v) is 8.71. The minimum Gasteiger partial charge on any atom is -0.493 e. The highest BCUT2D eigenvalue weighted by atomic mass is 79.9. The molecule has 2 aromatic rings. The van der Waals surface area contributed by atoms with Crippen LogP contribution in [0.15, 0.2) is 48.5 Å². The van der Waals surface area contributed by atoms with E-state index in [0.29, 0.717) is 11.8 Å². The molecule has 21 heavy (non-hydrogen) atoms. The number of hydrogen-bond donors (Lipinski definition) is 0. The Morgan fingerprint density at radius 1 is 1.14 bits per heavy atom. The molecule has 2 unspecified atom stereocenters. The van der Waals surface area contributed by atoms with Crippen molar-refractivity contribution in [2.75, 3.05) is 11.9 Å². The van der Waals surface area contributed by atoms with Gasteiger partial charge in [-0.25, -0.2) is 0 Å². The molecule has 0 N–H and O–H groups in total. The zero-order chi connectivity index (χ0) is 14.7. The summed E-state index contributed by atoms with van der Waals surface area (Å²) >= 11 is 3.69. The molecule has 1 aliphatic rings. The molecule has 0 fully saturated rings. The van der Waals surface area contributed by atoms with Crippen LogP contribution in [0.4, 0.5) is 0 Å². The summed E-state index contributed by atoms with van der Waals surface area (Å²) in [5.74, 6) is 2.26. The molecule has 2 heteroatoms. The number of fused-ring (bicyclic) bond motifs is 1. The van der Waals surface area contributed by atoms with Gasteiger partial charge in [-0.2, -0.15) is 0 Å². The molecule has 1 aliphatic heterocycles. The average Bonchev–Trinajstić information content (AvgIpc) is 2.92. The van der Waals surface area contributed by atoms with E-state index < -0.39 is 0 Å². The van der Waals surface area contributed by atoms with Gasteiger partial charge in [-0.05, 0) is 37.3 Å². The van der Waals surface area contributed by atoms with Crippen molar-refractivity contribution in [1.82, 2.24) is 0 Å². The molecule has 3 rings (SSSR count). The van der Waals surface area contributed by atoms with Crippen LogP contribution in [0.25, 0.3) is 0 Å². The summed E-state index contributed by atoms with van der Waals surface area (Å²) in [5.41, 5.74) is 4.14. The third-order valence-corrected chi connectivity index (χ3v) is 5.20. The molecular formula is C19H21BrO. The molecule has 110 valence electrons. The van der Waals surface area contributed by atoms with E-state index in [4.69, 9.17) is 4.74 Å². The van der Waals surface area contributed by atoms with E-state index in [1.54, 1.807) is 0 Å². The first-order valence-electron chi connectivity index (χ1n) is 7.59. The third-order valence-electron chi connectivity index (χ3n) is 4.28. The summed E-state index contributed by atoms with van der Waals surface area (Å²) in [4.78, 5) is 0. The SMILES string of the molecule is Cc1ccc(CC(CBr)CC2COc3ccccc32)cc1. The monoisotopic (exact) mass is 344 g/mol. The normalized spacial score (nSPS) is 18.1. The topological polar surface area (TPSA) is 9.23 Å². The van der Waals surface area contributed by atoms with Crippen molar-refractivity contribution < 1.29 is 4.74 Å². The molecule has 2 aromatic carbocycles. The maximum atomic E-state index is 5.81. The zero-order valence-corrected chi connectivity index (χ0v) is 14.0. The molecular weight excluding hydrogens is 324 g/mol. The molecule has 0 saturated heterocycles. The van der Waals surface area contributed by atoms with Gasteiger partial charge in [-0.3, -0.25) is 0 Å². The van der Waals surface area contributed by atoms with E-state index in [2.05, 4.69) is 71.4 Å². The zero-order valence-electron chi connectivity index (χ0n) is 12.4. The highest BCUT2D eigenvalue weighted by Gasteiger charge is 2.26. The number of halogens is 1. The molecule has 0 aromatic heterocycles. The number of benzene rings is 2. The molecule has 1 heterocycles. The first-order chi connectivity index (χ1) is 10.3. The number of alkyl halides is 1. The smallest absolute Gasteiger partial charge is 0.122 e. The molecule has 2 atom stereocenters. The van der Waals surface area contributed by atoms with Gasteiger partial charge in [-0.15, -0.1) is 0 Å². The molecule has 1 nitrogen and oxygen atoms in total. The maximum Gasteiger partial charge on any atom is 0.122 e. The lowest BCUT2D eigenvalue weighted by atomic mass is 9.87. The summed E-state index contributed by atoms with van der Waals surface area (Å²) in [7, 11) is 0. The van der Waals surface area contributed by atoms with Gasteiger partial charge >= 0.3 is 0 Å². The fraction of sp³-hybridized carbons (Fsp3) is 0.368. The van der Waals surface area contributed by atoms with Gasteiger partial charge in [0.2, 0.25) is 0 Å². The third kappa shape index (κ3) is 3.49. The highest BCUT2D eigenvalue weighted by Crippen LogP contribution is 2.38. The Morgan fingerprint density at radius 3 is 2.67 bits per heavy atom. The van der Waals surface area contributed by atoms with Gasteiger partial charge < -0.3 is 4.74 Å². The minimum absolute atomic E-state index is 0.536. The Bertz CT molecular complexity index is 591. The lowest BCUT2D eigenvalue weighted by molar-refractivity contribution is 0.311. The van der Waals surface area contributed by atoms with E-state index in [1.807, 2.05) is 0 Å². The Kier molecular flexibility index (Phi) is 4.64. The number of ether oxygens (including phenoxy) is 1. The van der Waals surface area contributed by atoms with Crippen LogP contribution in [0, 0.1) is 12.8 Å². The van der Waals surface area contributed by atoms with Crippen LogP contribution in [0.5, 0.6) is 5.75 Å². The van der Waals surface area contributed by atoms with Gasteiger partial charge in [0.05, 0.1) is 6.61 Å². The van der Waals surface area contributed by atoms with Gasteiger partial charge in [0.1, 0.15) is 5.75 Å². The van der Waals surface area contributed by atoms with Crippen LogP contribution in [0.1, 0.15) is 29.0 Å². The average molecular weight is 345 g/mol. The summed E-state index contributed by atoms with van der Waals surface area (Å²) in [6.45, 7) is 2.97. The summed E-state index contributed by atoms with van der Waals surface area (Å²) in [6, 6.07) is 17.4. The van der Waals surface area contributed by atoms with Gasteiger partial charge in [-0.1, -0.05) is 64.0 Å². The van der Waals surface area contributed by atoms with Crippen molar-refractivity contribution in [3.8, 4) is 5.75 Å². The van der Waals surface area contributed by atoms with Crippen LogP contribution in [-0.2, 0) is 6.42 Å². The minimum atomic E-state index is 0.536. The number of hydrogen-bond acceptors (Lipinski definition) is 1. The van der Waals surface area contributed by atoms with Crippen LogP contribution < -0.4 is 4.74 Å². The Labute approximate surface area is 135 Å². The fourth-order valence-electron chi connectivity index (χ4n) is 3.09. The van der Waals surface area contributed by atoms with Crippen molar-refractivity contribution >= 4 is 15.9 Å². The van der Waals surface area contributed by atoms with E-state index >= 15 is 0 Å². The predicted octanol–water partition coefficient (Wildman–Crippen LogP) is 5.11. The Hall–Kier alpha value is -1.28. The number of para-hydroxylation sites is 1. The molecule has 0 spiro atoms. The van der Waals surface area contributed by atoms with E-state index in [0.717, 1.165) is 24.1 Å². The molecule has 0 aliphatic carbocycles. The number of aryl methyl sites for hydroxylation is 1. The second-order valence-electron chi connectivity index (χ2n) is 5.99. The van der Waals surface area contributed by atoms with Gasteiger partial charge in [0.25, 0.3) is 0 Å². The van der Waals surface area contributed by atoms with Gasteiger partial charge in [0.15, 0.2) is 0 Å². The largest absolute Gasteiger partial charge is 0.493 e. The van der Waals surface area contributed by atoms with Crippen molar-refractivity contribution in [1.29, 1.82) is 0 Å². The fourth-order valence-corrected chi connectivity index (χ4v) is 3.58. The summed E-state index contributed by atoms with van der Waals surface area (Å²) in [6.07, 6.45) is 2.31. The lowest BCUT2D eigenvalue weighted by Crippen LogP contribution is -2.13. The quantitative estimate of drug-likeness (QED) is 0.684. The first kappa shape index (κ1) is 14.6. The van der Waals surface area contributed by atoms with Crippen molar-refractivity contribution in [3.05, 3.63) is 65.2 Å². The summed E-state index contributed by atoms with van der Waals surface area (Å²) in [5, 5.41) is 1.04. The van der Waals surface area contributed by atoms with Gasteiger partial charge in [0, 0.05) is 16.8 Å². The predicted molar refractivity (Wildman–Crippen MR) is 91.5 cm³/mol. The summed E-state index contributed by atoms with van der Waals surface area (Å²) < 4.78 is 5.81. The van der Waals surface area contributed by atoms with Crippen molar-refractivity contribution in [2.24, 2.45) is 5.92 Å². The van der Waals surface area contributed by atoms with E-state index in [9.17, 15) is 0 Å². The molecule has 0 bridgehead atoms.